The zero-order valence-corrected chi connectivity index (χ0v) is 14.7. The van der Waals surface area contributed by atoms with E-state index in [0.717, 1.165) is 3.79 Å². The lowest BCUT2D eigenvalue weighted by Gasteiger charge is -2.15. The van der Waals surface area contributed by atoms with Crippen molar-refractivity contribution in [2.75, 3.05) is 20.2 Å². The highest BCUT2D eigenvalue weighted by atomic mass is 79.9. The molecule has 106 valence electrons. The lowest BCUT2D eigenvalue weighted by molar-refractivity contribution is -0.144. The summed E-state index contributed by atoms with van der Waals surface area (Å²) in [5, 5.41) is 0. The normalized spacial score (nSPS) is 20.7. The van der Waals surface area contributed by atoms with Gasteiger partial charge in [0.15, 0.2) is 0 Å². The number of methoxy groups -OCH3 is 1. The van der Waals surface area contributed by atoms with Crippen molar-refractivity contribution in [3.63, 3.8) is 0 Å². The molecule has 1 aliphatic heterocycles. The highest BCUT2D eigenvalue weighted by Crippen LogP contribution is 2.37. The Labute approximate surface area is 132 Å². The molecule has 1 aliphatic rings. The van der Waals surface area contributed by atoms with E-state index >= 15 is 0 Å². The molecule has 1 saturated heterocycles. The Morgan fingerprint density at radius 2 is 2.21 bits per heavy atom. The predicted molar refractivity (Wildman–Crippen MR) is 78.6 cm³/mol. The second-order valence-corrected chi connectivity index (χ2v) is 9.72. The summed E-state index contributed by atoms with van der Waals surface area (Å²) in [6.45, 7) is 0.511. The summed E-state index contributed by atoms with van der Waals surface area (Å²) in [4.78, 5) is 11.7. The number of thiophene rings is 1. The van der Waals surface area contributed by atoms with Gasteiger partial charge in [0.2, 0.25) is 10.0 Å². The maximum atomic E-state index is 12.5. The maximum Gasteiger partial charge on any atom is 0.310 e. The summed E-state index contributed by atoms with van der Waals surface area (Å²) >= 11 is 7.81. The number of carbonyl (C=O) groups excluding carboxylic acids is 1. The van der Waals surface area contributed by atoms with Gasteiger partial charge in [0.1, 0.15) is 4.90 Å². The Kier molecular flexibility index (Phi) is 4.71. The minimum Gasteiger partial charge on any atom is -0.469 e. The van der Waals surface area contributed by atoms with Gasteiger partial charge in [-0.2, -0.15) is 4.31 Å². The van der Waals surface area contributed by atoms with Crippen LogP contribution in [0.5, 0.6) is 0 Å². The van der Waals surface area contributed by atoms with Crippen LogP contribution in [-0.4, -0.2) is 38.9 Å². The number of sulfonamides is 1. The number of esters is 1. The molecule has 0 amide bonds. The Bertz CT molecular complexity index is 599. The zero-order chi connectivity index (χ0) is 14.2. The number of rotatable bonds is 3. The quantitative estimate of drug-likeness (QED) is 0.688. The van der Waals surface area contributed by atoms with Crippen molar-refractivity contribution >= 4 is 59.2 Å². The number of hydrogen-bond acceptors (Lipinski definition) is 5. The molecule has 0 saturated carbocycles. The van der Waals surface area contributed by atoms with Crippen molar-refractivity contribution < 1.29 is 17.9 Å². The van der Waals surface area contributed by atoms with Crippen LogP contribution in [0.25, 0.3) is 0 Å². The van der Waals surface area contributed by atoms with E-state index in [1.54, 1.807) is 6.07 Å². The number of carbonyl (C=O) groups is 1. The summed E-state index contributed by atoms with van der Waals surface area (Å²) in [6.07, 6.45) is 0.495. The van der Waals surface area contributed by atoms with Gasteiger partial charge in [-0.15, -0.1) is 11.3 Å². The Balaban J connectivity index is 2.23. The zero-order valence-electron chi connectivity index (χ0n) is 9.93. The van der Waals surface area contributed by atoms with Crippen LogP contribution in [-0.2, 0) is 19.6 Å². The molecular weight excluding hydrogens is 422 g/mol. The lowest BCUT2D eigenvalue weighted by Crippen LogP contribution is -2.30. The summed E-state index contributed by atoms with van der Waals surface area (Å²) in [5.41, 5.74) is 0. The fourth-order valence-corrected chi connectivity index (χ4v) is 7.21. The van der Waals surface area contributed by atoms with E-state index in [1.165, 1.54) is 22.8 Å². The van der Waals surface area contributed by atoms with E-state index in [1.807, 2.05) is 0 Å². The highest BCUT2D eigenvalue weighted by molar-refractivity contribution is 9.12. The van der Waals surface area contributed by atoms with Crippen LogP contribution in [0.2, 0.25) is 0 Å². The molecule has 2 heterocycles. The molecule has 0 aliphatic carbocycles. The standard InChI is InChI=1S/C10H11Br2NO4S2/c1-17-10(14)6-2-3-13(5-6)19(15,16)7-4-8(11)18-9(7)12/h4,6H,2-3,5H2,1H3. The van der Waals surface area contributed by atoms with Crippen LogP contribution in [0.3, 0.4) is 0 Å². The fourth-order valence-electron chi connectivity index (χ4n) is 1.95. The third-order valence-electron chi connectivity index (χ3n) is 2.93. The fraction of sp³-hybridized carbons (Fsp3) is 0.500. The second kappa shape index (κ2) is 5.80. The Hall–Kier alpha value is 0.0400. The highest BCUT2D eigenvalue weighted by Gasteiger charge is 2.37. The van der Waals surface area contributed by atoms with E-state index < -0.39 is 10.0 Å². The number of halogens is 2. The van der Waals surface area contributed by atoms with Gasteiger partial charge in [-0.25, -0.2) is 8.42 Å². The molecule has 2 rings (SSSR count). The first kappa shape index (κ1) is 15.4. The van der Waals surface area contributed by atoms with E-state index in [9.17, 15) is 13.2 Å². The summed E-state index contributed by atoms with van der Waals surface area (Å²) in [7, 11) is -2.25. The third-order valence-corrected chi connectivity index (χ3v) is 7.55. The first-order valence-electron chi connectivity index (χ1n) is 5.39. The largest absolute Gasteiger partial charge is 0.469 e. The molecule has 9 heteroatoms. The van der Waals surface area contributed by atoms with Gasteiger partial charge in [-0.05, 0) is 44.3 Å². The lowest BCUT2D eigenvalue weighted by atomic mass is 10.1. The van der Waals surface area contributed by atoms with E-state index in [2.05, 4.69) is 36.6 Å². The monoisotopic (exact) mass is 431 g/mol. The molecule has 0 radical (unpaired) electrons. The van der Waals surface area contributed by atoms with Gasteiger partial charge in [-0.1, -0.05) is 0 Å². The molecule has 1 atom stereocenters. The maximum absolute atomic E-state index is 12.5. The summed E-state index contributed by atoms with van der Waals surface area (Å²) < 4.78 is 32.2. The predicted octanol–water partition coefficient (Wildman–Crippen LogP) is 2.46. The smallest absolute Gasteiger partial charge is 0.310 e. The first-order chi connectivity index (χ1) is 8.86. The van der Waals surface area contributed by atoms with Crippen molar-refractivity contribution in [2.24, 2.45) is 5.92 Å². The molecule has 1 aromatic rings. The van der Waals surface area contributed by atoms with Crippen LogP contribution in [0.1, 0.15) is 6.42 Å². The summed E-state index contributed by atoms with van der Waals surface area (Å²) in [5.74, 6) is -0.733. The number of nitrogens with zero attached hydrogens (tertiary/aromatic N) is 1. The average Bonchev–Trinajstić information content (AvgIpc) is 2.95. The molecule has 0 aromatic carbocycles. The van der Waals surface area contributed by atoms with Crippen molar-refractivity contribution in [1.82, 2.24) is 4.31 Å². The van der Waals surface area contributed by atoms with E-state index in [4.69, 9.17) is 0 Å². The van der Waals surface area contributed by atoms with E-state index in [-0.39, 0.29) is 23.3 Å². The molecule has 0 spiro atoms. The number of ether oxygens (including phenoxy) is 1. The van der Waals surface area contributed by atoms with Gasteiger partial charge in [0, 0.05) is 13.1 Å². The van der Waals surface area contributed by atoms with Gasteiger partial charge in [0.25, 0.3) is 0 Å². The molecule has 1 unspecified atom stereocenters. The topological polar surface area (TPSA) is 63.7 Å². The minimum atomic E-state index is -3.56. The molecule has 0 N–H and O–H groups in total. The SMILES string of the molecule is COC(=O)C1CCN(S(=O)(=O)c2cc(Br)sc2Br)C1. The van der Waals surface area contributed by atoms with Crippen LogP contribution >= 0.6 is 43.2 Å². The number of hydrogen-bond donors (Lipinski definition) is 0. The van der Waals surface area contributed by atoms with Crippen LogP contribution < -0.4 is 0 Å². The van der Waals surface area contributed by atoms with Crippen molar-refractivity contribution in [1.29, 1.82) is 0 Å². The molecule has 19 heavy (non-hydrogen) atoms. The van der Waals surface area contributed by atoms with Gasteiger partial charge < -0.3 is 4.74 Å². The third kappa shape index (κ3) is 3.05. The molecule has 1 fully saturated rings. The second-order valence-electron chi connectivity index (χ2n) is 4.06. The van der Waals surface area contributed by atoms with Crippen LogP contribution in [0.15, 0.2) is 18.5 Å². The summed E-state index contributed by atoms with van der Waals surface area (Å²) in [6, 6.07) is 1.57. The van der Waals surface area contributed by atoms with E-state index in [0.29, 0.717) is 16.8 Å². The van der Waals surface area contributed by atoms with Crippen molar-refractivity contribution in [2.45, 2.75) is 11.3 Å². The molecule has 5 nitrogen and oxygen atoms in total. The molecule has 1 aromatic heterocycles. The first-order valence-corrected chi connectivity index (χ1v) is 9.23. The van der Waals surface area contributed by atoms with Crippen LogP contribution in [0, 0.1) is 5.92 Å². The van der Waals surface area contributed by atoms with Gasteiger partial charge in [0.05, 0.1) is 20.6 Å². The Morgan fingerprint density at radius 1 is 1.53 bits per heavy atom. The molecule has 0 bridgehead atoms. The van der Waals surface area contributed by atoms with Gasteiger partial charge in [-0.3, -0.25) is 4.79 Å². The van der Waals surface area contributed by atoms with Crippen molar-refractivity contribution in [3.8, 4) is 0 Å². The van der Waals surface area contributed by atoms with Crippen LogP contribution in [0.4, 0.5) is 0 Å². The Morgan fingerprint density at radius 3 is 2.74 bits per heavy atom. The minimum absolute atomic E-state index is 0.176. The van der Waals surface area contributed by atoms with Crippen molar-refractivity contribution in [3.05, 3.63) is 13.6 Å². The average molecular weight is 433 g/mol. The van der Waals surface area contributed by atoms with Gasteiger partial charge >= 0.3 is 5.97 Å². The molecular formula is C10H11Br2NO4S2.